The maximum absolute atomic E-state index is 5.25. The summed E-state index contributed by atoms with van der Waals surface area (Å²) in [6.45, 7) is 9.68. The van der Waals surface area contributed by atoms with E-state index < -0.39 is 0 Å². The van der Waals surface area contributed by atoms with Gasteiger partial charge in [0, 0.05) is 19.1 Å². The van der Waals surface area contributed by atoms with Gasteiger partial charge in [-0.25, -0.2) is 0 Å². The Bertz CT molecular complexity index is 269. The zero-order chi connectivity index (χ0) is 12.0. The van der Waals surface area contributed by atoms with Gasteiger partial charge in [0.1, 0.15) is 5.76 Å². The van der Waals surface area contributed by atoms with Gasteiger partial charge < -0.3 is 14.6 Å². The van der Waals surface area contributed by atoms with E-state index in [1.54, 1.807) is 6.26 Å². The van der Waals surface area contributed by atoms with Crippen LogP contribution in [0.1, 0.15) is 26.5 Å². The average Bonchev–Trinajstić information content (AvgIpc) is 2.75. The third-order valence-corrected chi connectivity index (χ3v) is 3.18. The summed E-state index contributed by atoms with van der Waals surface area (Å²) in [6.07, 6.45) is 1.71. The SMILES string of the molecule is CC(C)C(C)N(C)CCNCc1ccco1. The van der Waals surface area contributed by atoms with Gasteiger partial charge >= 0.3 is 0 Å². The van der Waals surface area contributed by atoms with E-state index >= 15 is 0 Å². The van der Waals surface area contributed by atoms with Crippen LogP contribution in [0.2, 0.25) is 0 Å². The number of hydrogen-bond acceptors (Lipinski definition) is 3. The van der Waals surface area contributed by atoms with Crippen molar-refractivity contribution >= 4 is 0 Å². The van der Waals surface area contributed by atoms with Crippen LogP contribution in [-0.2, 0) is 6.54 Å². The normalized spacial score (nSPS) is 13.6. The highest BCUT2D eigenvalue weighted by Crippen LogP contribution is 2.06. The molecular weight excluding hydrogens is 200 g/mol. The molecule has 16 heavy (non-hydrogen) atoms. The lowest BCUT2D eigenvalue weighted by molar-refractivity contribution is 0.208. The van der Waals surface area contributed by atoms with Crippen molar-refractivity contribution in [1.29, 1.82) is 0 Å². The van der Waals surface area contributed by atoms with Crippen LogP contribution in [-0.4, -0.2) is 31.1 Å². The molecular formula is C13H24N2O. The van der Waals surface area contributed by atoms with Crippen LogP contribution in [0.15, 0.2) is 22.8 Å². The Hall–Kier alpha value is -0.800. The molecule has 1 aromatic rings. The van der Waals surface area contributed by atoms with E-state index in [4.69, 9.17) is 4.42 Å². The Morgan fingerprint density at radius 3 is 2.69 bits per heavy atom. The summed E-state index contributed by atoms with van der Waals surface area (Å²) in [5.41, 5.74) is 0. The molecule has 1 aromatic heterocycles. The minimum Gasteiger partial charge on any atom is -0.468 e. The number of rotatable bonds is 7. The molecule has 0 radical (unpaired) electrons. The molecule has 0 spiro atoms. The maximum atomic E-state index is 5.25. The van der Waals surface area contributed by atoms with Gasteiger partial charge in [-0.15, -0.1) is 0 Å². The highest BCUT2D eigenvalue weighted by Gasteiger charge is 2.11. The summed E-state index contributed by atoms with van der Waals surface area (Å²) in [5, 5.41) is 3.38. The lowest BCUT2D eigenvalue weighted by Crippen LogP contribution is -2.37. The smallest absolute Gasteiger partial charge is 0.117 e. The largest absolute Gasteiger partial charge is 0.468 e. The van der Waals surface area contributed by atoms with Crippen molar-refractivity contribution in [3.05, 3.63) is 24.2 Å². The Labute approximate surface area is 98.8 Å². The van der Waals surface area contributed by atoms with Crippen molar-refractivity contribution in [2.45, 2.75) is 33.4 Å². The first kappa shape index (κ1) is 13.3. The van der Waals surface area contributed by atoms with Gasteiger partial charge in [-0.3, -0.25) is 0 Å². The van der Waals surface area contributed by atoms with Gasteiger partial charge in [0.05, 0.1) is 12.8 Å². The lowest BCUT2D eigenvalue weighted by atomic mass is 10.1. The highest BCUT2D eigenvalue weighted by atomic mass is 16.3. The molecule has 1 N–H and O–H groups in total. The first-order valence-electron chi connectivity index (χ1n) is 6.04. The zero-order valence-electron chi connectivity index (χ0n) is 10.9. The molecule has 0 aliphatic carbocycles. The van der Waals surface area contributed by atoms with Crippen LogP contribution < -0.4 is 5.32 Å². The fourth-order valence-corrected chi connectivity index (χ4v) is 1.59. The number of nitrogens with one attached hydrogen (secondary N) is 1. The summed E-state index contributed by atoms with van der Waals surface area (Å²) < 4.78 is 5.25. The molecule has 3 nitrogen and oxygen atoms in total. The Morgan fingerprint density at radius 2 is 2.12 bits per heavy atom. The predicted molar refractivity (Wildman–Crippen MR) is 67.3 cm³/mol. The second-order valence-electron chi connectivity index (χ2n) is 4.72. The molecule has 0 saturated heterocycles. The molecule has 0 bridgehead atoms. The summed E-state index contributed by atoms with van der Waals surface area (Å²) >= 11 is 0. The van der Waals surface area contributed by atoms with Crippen LogP contribution in [0.3, 0.4) is 0 Å². The van der Waals surface area contributed by atoms with Gasteiger partial charge in [0.2, 0.25) is 0 Å². The Kier molecular flexibility index (Phi) is 5.56. The zero-order valence-corrected chi connectivity index (χ0v) is 10.9. The number of nitrogens with zero attached hydrogens (tertiary/aromatic N) is 1. The van der Waals surface area contributed by atoms with Gasteiger partial charge in [0.25, 0.3) is 0 Å². The Morgan fingerprint density at radius 1 is 1.38 bits per heavy atom. The summed E-state index contributed by atoms with van der Waals surface area (Å²) in [6, 6.07) is 4.54. The average molecular weight is 224 g/mol. The fraction of sp³-hybridized carbons (Fsp3) is 0.692. The van der Waals surface area contributed by atoms with Crippen molar-refractivity contribution in [2.75, 3.05) is 20.1 Å². The van der Waals surface area contributed by atoms with Crippen molar-refractivity contribution in [3.8, 4) is 0 Å². The predicted octanol–water partition coefficient (Wildman–Crippen LogP) is 2.35. The highest BCUT2D eigenvalue weighted by molar-refractivity contribution is 4.97. The molecule has 0 aliphatic heterocycles. The van der Waals surface area contributed by atoms with Crippen molar-refractivity contribution < 1.29 is 4.42 Å². The summed E-state index contributed by atoms with van der Waals surface area (Å²) in [7, 11) is 2.18. The molecule has 0 aliphatic rings. The van der Waals surface area contributed by atoms with Crippen LogP contribution >= 0.6 is 0 Å². The van der Waals surface area contributed by atoms with Crippen molar-refractivity contribution in [2.24, 2.45) is 5.92 Å². The first-order chi connectivity index (χ1) is 7.61. The van der Waals surface area contributed by atoms with Crippen molar-refractivity contribution in [3.63, 3.8) is 0 Å². The summed E-state index contributed by atoms with van der Waals surface area (Å²) in [4.78, 5) is 2.39. The van der Waals surface area contributed by atoms with E-state index in [0.29, 0.717) is 12.0 Å². The third kappa shape index (κ3) is 4.37. The van der Waals surface area contributed by atoms with E-state index in [9.17, 15) is 0 Å². The van der Waals surface area contributed by atoms with Crippen LogP contribution in [0.4, 0.5) is 0 Å². The van der Waals surface area contributed by atoms with E-state index in [-0.39, 0.29) is 0 Å². The molecule has 0 aromatic carbocycles. The first-order valence-corrected chi connectivity index (χ1v) is 6.04. The number of hydrogen-bond donors (Lipinski definition) is 1. The molecule has 92 valence electrons. The molecule has 0 amide bonds. The molecule has 0 saturated carbocycles. The van der Waals surface area contributed by atoms with Gasteiger partial charge in [-0.05, 0) is 32.0 Å². The molecule has 3 heteroatoms. The topological polar surface area (TPSA) is 28.4 Å². The van der Waals surface area contributed by atoms with E-state index in [1.165, 1.54) is 0 Å². The second kappa shape index (κ2) is 6.71. The van der Waals surface area contributed by atoms with Crippen LogP contribution in [0, 0.1) is 5.92 Å². The van der Waals surface area contributed by atoms with E-state index in [2.05, 4.69) is 38.0 Å². The van der Waals surface area contributed by atoms with E-state index in [0.717, 1.165) is 25.4 Å². The molecule has 1 unspecified atom stereocenters. The maximum Gasteiger partial charge on any atom is 0.117 e. The molecule has 1 atom stereocenters. The van der Waals surface area contributed by atoms with Crippen LogP contribution in [0.5, 0.6) is 0 Å². The molecule has 1 heterocycles. The quantitative estimate of drug-likeness (QED) is 0.721. The minimum atomic E-state index is 0.630. The third-order valence-electron chi connectivity index (χ3n) is 3.18. The minimum absolute atomic E-state index is 0.630. The molecule has 0 fully saturated rings. The van der Waals surface area contributed by atoms with Crippen molar-refractivity contribution in [1.82, 2.24) is 10.2 Å². The molecule has 1 rings (SSSR count). The number of furan rings is 1. The fourth-order valence-electron chi connectivity index (χ4n) is 1.59. The second-order valence-corrected chi connectivity index (χ2v) is 4.72. The monoisotopic (exact) mass is 224 g/mol. The standard InChI is InChI=1S/C13H24N2O/c1-11(2)12(3)15(4)8-7-14-10-13-6-5-9-16-13/h5-6,9,11-12,14H,7-8,10H2,1-4H3. The Balaban J connectivity index is 2.11. The summed E-state index contributed by atoms with van der Waals surface area (Å²) in [5.74, 6) is 1.70. The van der Waals surface area contributed by atoms with E-state index in [1.807, 2.05) is 12.1 Å². The van der Waals surface area contributed by atoms with Crippen LogP contribution in [0.25, 0.3) is 0 Å². The lowest BCUT2D eigenvalue weighted by Gasteiger charge is -2.27. The van der Waals surface area contributed by atoms with Gasteiger partial charge in [0.15, 0.2) is 0 Å². The van der Waals surface area contributed by atoms with Gasteiger partial charge in [-0.1, -0.05) is 13.8 Å². The number of likely N-dealkylation sites (N-methyl/N-ethyl adjacent to an activating group) is 1. The van der Waals surface area contributed by atoms with Gasteiger partial charge in [-0.2, -0.15) is 0 Å².